The van der Waals surface area contributed by atoms with Gasteiger partial charge in [-0.15, -0.1) is 12.4 Å². The Morgan fingerprint density at radius 2 is 2.40 bits per heavy atom. The lowest BCUT2D eigenvalue weighted by molar-refractivity contribution is 0.763. The van der Waals surface area contributed by atoms with Crippen molar-refractivity contribution < 1.29 is 0 Å². The molecule has 10 heavy (non-hydrogen) atoms. The third-order valence-corrected chi connectivity index (χ3v) is 0.894. The minimum absolute atomic E-state index is 0. The second-order valence-electron chi connectivity index (χ2n) is 1.65. The molecule has 58 valence electrons. The number of H-pyrrole nitrogens is 2. The van der Waals surface area contributed by atoms with Crippen LogP contribution < -0.4 is 11.0 Å². The highest BCUT2D eigenvalue weighted by molar-refractivity contribution is 5.85. The second kappa shape index (κ2) is 4.08. The van der Waals surface area contributed by atoms with Crippen LogP contribution in [0.5, 0.6) is 0 Å². The molecule has 5 nitrogen and oxygen atoms in total. The van der Waals surface area contributed by atoms with Gasteiger partial charge in [-0.1, -0.05) is 0 Å². The van der Waals surface area contributed by atoms with E-state index in [0.29, 0.717) is 12.4 Å². The molecule has 0 spiro atoms. The molecule has 1 aromatic rings. The molecule has 0 saturated heterocycles. The molecule has 0 unspecified atom stereocenters. The lowest BCUT2D eigenvalue weighted by atomic mass is 10.6. The maximum absolute atomic E-state index is 10.4. The Labute approximate surface area is 63.6 Å². The smallest absolute Gasteiger partial charge is 0.313 e. The lowest BCUT2D eigenvalue weighted by Gasteiger charge is -1.87. The first-order valence-electron chi connectivity index (χ1n) is 2.61. The van der Waals surface area contributed by atoms with Crippen molar-refractivity contribution in [2.24, 2.45) is 0 Å². The number of aromatic amines is 2. The van der Waals surface area contributed by atoms with Crippen LogP contribution >= 0.6 is 12.4 Å². The van der Waals surface area contributed by atoms with Gasteiger partial charge in [-0.25, -0.2) is 9.89 Å². The molecule has 0 radical (unpaired) electrons. The fourth-order valence-electron chi connectivity index (χ4n) is 0.556. The van der Waals surface area contributed by atoms with Gasteiger partial charge in [0, 0.05) is 0 Å². The van der Waals surface area contributed by atoms with E-state index in [2.05, 4.69) is 20.5 Å². The Balaban J connectivity index is 0.000000810. The van der Waals surface area contributed by atoms with Crippen LogP contribution in [0.2, 0.25) is 0 Å². The zero-order chi connectivity index (χ0) is 6.69. The van der Waals surface area contributed by atoms with E-state index in [1.54, 1.807) is 7.05 Å². The largest absolute Gasteiger partial charge is 0.340 e. The van der Waals surface area contributed by atoms with E-state index in [0.717, 1.165) is 0 Å². The van der Waals surface area contributed by atoms with Gasteiger partial charge in [0.15, 0.2) is 0 Å². The van der Waals surface area contributed by atoms with Gasteiger partial charge in [-0.2, -0.15) is 5.10 Å². The summed E-state index contributed by atoms with van der Waals surface area (Å²) in [6, 6.07) is 0. The number of hydrogen-bond donors (Lipinski definition) is 3. The Morgan fingerprint density at radius 3 is 2.80 bits per heavy atom. The van der Waals surface area contributed by atoms with Gasteiger partial charge in [0.25, 0.3) is 0 Å². The van der Waals surface area contributed by atoms with E-state index in [9.17, 15) is 4.79 Å². The van der Waals surface area contributed by atoms with Crippen molar-refractivity contribution in [3.63, 3.8) is 0 Å². The monoisotopic (exact) mass is 164 g/mol. The quantitative estimate of drug-likeness (QED) is 0.538. The van der Waals surface area contributed by atoms with Gasteiger partial charge in [0.1, 0.15) is 5.82 Å². The maximum atomic E-state index is 10.4. The standard InChI is InChI=1S/C4H8N4O.ClH/c1-5-2-3-6-4(9)8-7-3;/h5H,2H2,1H3,(H2,6,7,8,9);1H. The minimum atomic E-state index is -0.264. The Hall–Kier alpha value is -0.810. The summed E-state index contributed by atoms with van der Waals surface area (Å²) in [5.74, 6) is 0.627. The molecule has 0 atom stereocenters. The van der Waals surface area contributed by atoms with Crippen molar-refractivity contribution >= 4 is 12.4 Å². The molecule has 1 rings (SSSR count). The van der Waals surface area contributed by atoms with Gasteiger partial charge in [-0.3, -0.25) is 4.98 Å². The molecule has 0 fully saturated rings. The highest BCUT2D eigenvalue weighted by atomic mass is 35.5. The molecule has 0 aromatic carbocycles. The maximum Gasteiger partial charge on any atom is 0.340 e. The summed E-state index contributed by atoms with van der Waals surface area (Å²) in [4.78, 5) is 12.9. The molecule has 0 amide bonds. The number of halogens is 1. The second-order valence-corrected chi connectivity index (χ2v) is 1.65. The first-order valence-corrected chi connectivity index (χ1v) is 2.61. The van der Waals surface area contributed by atoms with Crippen molar-refractivity contribution in [2.45, 2.75) is 6.54 Å². The third-order valence-electron chi connectivity index (χ3n) is 0.894. The highest BCUT2D eigenvalue weighted by Crippen LogP contribution is 1.76. The summed E-state index contributed by atoms with van der Waals surface area (Å²) in [5.41, 5.74) is -0.264. The summed E-state index contributed by atoms with van der Waals surface area (Å²) in [5, 5.41) is 8.75. The molecule has 0 aliphatic carbocycles. The summed E-state index contributed by atoms with van der Waals surface area (Å²) in [7, 11) is 1.78. The minimum Gasteiger partial charge on any atom is -0.313 e. The SMILES string of the molecule is CNCc1n[nH]c(=O)[nH]1.Cl. The van der Waals surface area contributed by atoms with Crippen LogP contribution in [-0.2, 0) is 6.54 Å². The average Bonchev–Trinajstić information content (AvgIpc) is 2.17. The first-order chi connectivity index (χ1) is 4.33. The van der Waals surface area contributed by atoms with Gasteiger partial charge in [0.2, 0.25) is 0 Å². The van der Waals surface area contributed by atoms with Crippen LogP contribution in [0.25, 0.3) is 0 Å². The van der Waals surface area contributed by atoms with Crippen molar-refractivity contribution in [3.8, 4) is 0 Å². The van der Waals surface area contributed by atoms with Crippen LogP contribution in [0, 0.1) is 0 Å². The first kappa shape index (κ1) is 9.19. The summed E-state index contributed by atoms with van der Waals surface area (Å²) >= 11 is 0. The Bertz CT molecular complexity index is 229. The van der Waals surface area contributed by atoms with Gasteiger partial charge < -0.3 is 5.32 Å². The van der Waals surface area contributed by atoms with Crippen LogP contribution in [0.15, 0.2) is 4.79 Å². The Kier molecular flexibility index (Phi) is 3.75. The number of hydrogen-bond acceptors (Lipinski definition) is 3. The number of aromatic nitrogens is 3. The number of nitrogens with zero attached hydrogens (tertiary/aromatic N) is 1. The van der Waals surface area contributed by atoms with Crippen molar-refractivity contribution in [3.05, 3.63) is 16.3 Å². The topological polar surface area (TPSA) is 73.6 Å². The predicted octanol–water partition coefficient (Wildman–Crippen LogP) is -0.761. The molecule has 1 aromatic heterocycles. The lowest BCUT2D eigenvalue weighted by Crippen LogP contribution is -2.08. The van der Waals surface area contributed by atoms with Crippen LogP contribution in [0.4, 0.5) is 0 Å². The van der Waals surface area contributed by atoms with E-state index in [1.165, 1.54) is 0 Å². The Morgan fingerprint density at radius 1 is 1.70 bits per heavy atom. The van der Waals surface area contributed by atoms with Crippen LogP contribution in [-0.4, -0.2) is 22.2 Å². The molecular weight excluding hydrogens is 156 g/mol. The number of rotatable bonds is 2. The molecule has 3 N–H and O–H groups in total. The molecular formula is C4H9ClN4O. The molecule has 0 aliphatic rings. The van der Waals surface area contributed by atoms with Crippen molar-refractivity contribution in [1.29, 1.82) is 0 Å². The van der Waals surface area contributed by atoms with Crippen LogP contribution in [0.3, 0.4) is 0 Å². The average molecular weight is 165 g/mol. The number of nitrogens with one attached hydrogen (secondary N) is 3. The predicted molar refractivity (Wildman–Crippen MR) is 39.2 cm³/mol. The summed E-state index contributed by atoms with van der Waals surface area (Å²) in [6.45, 7) is 0.582. The van der Waals surface area contributed by atoms with Gasteiger partial charge in [-0.05, 0) is 7.05 Å². The fourth-order valence-corrected chi connectivity index (χ4v) is 0.556. The van der Waals surface area contributed by atoms with E-state index in [-0.39, 0.29) is 18.1 Å². The molecule has 0 aliphatic heterocycles. The van der Waals surface area contributed by atoms with E-state index in [4.69, 9.17) is 0 Å². The van der Waals surface area contributed by atoms with Crippen molar-refractivity contribution in [1.82, 2.24) is 20.5 Å². The highest BCUT2D eigenvalue weighted by Gasteiger charge is 1.92. The molecule has 6 heteroatoms. The molecule has 0 bridgehead atoms. The van der Waals surface area contributed by atoms with E-state index < -0.39 is 0 Å². The summed E-state index contributed by atoms with van der Waals surface area (Å²) < 4.78 is 0. The fraction of sp³-hybridized carbons (Fsp3) is 0.500. The zero-order valence-corrected chi connectivity index (χ0v) is 6.29. The van der Waals surface area contributed by atoms with E-state index in [1.807, 2.05) is 0 Å². The zero-order valence-electron chi connectivity index (χ0n) is 5.47. The summed E-state index contributed by atoms with van der Waals surface area (Å²) in [6.07, 6.45) is 0. The van der Waals surface area contributed by atoms with Gasteiger partial charge in [0.05, 0.1) is 6.54 Å². The van der Waals surface area contributed by atoms with E-state index >= 15 is 0 Å². The van der Waals surface area contributed by atoms with Gasteiger partial charge >= 0.3 is 5.69 Å². The third kappa shape index (κ3) is 2.20. The normalized spacial score (nSPS) is 8.90. The van der Waals surface area contributed by atoms with Crippen LogP contribution in [0.1, 0.15) is 5.82 Å². The molecule has 0 saturated carbocycles. The van der Waals surface area contributed by atoms with Crippen molar-refractivity contribution in [2.75, 3.05) is 7.05 Å². The molecule has 1 heterocycles.